The lowest BCUT2D eigenvalue weighted by Gasteiger charge is -2.11. The van der Waals surface area contributed by atoms with E-state index in [1.54, 1.807) is 0 Å². The Balaban J connectivity index is 0.00000625. The second-order valence-corrected chi connectivity index (χ2v) is 7.76. The van der Waals surface area contributed by atoms with E-state index in [1.165, 1.54) is 102 Å². The smallest absolute Gasteiger partial charge is 0.0294 e. The van der Waals surface area contributed by atoms with Crippen molar-refractivity contribution in [1.82, 2.24) is 0 Å². The molecule has 2 N–H and O–H groups in total. The van der Waals surface area contributed by atoms with Crippen LogP contribution in [0, 0.1) is 0 Å². The number of hydrogen-bond donors (Lipinski definition) is 1. The molecule has 0 aliphatic carbocycles. The Morgan fingerprint density at radius 3 is 1.42 bits per heavy atom. The molecule has 1 unspecified atom stereocenters. The predicted molar refractivity (Wildman–Crippen MR) is 120 cm³/mol. The van der Waals surface area contributed by atoms with Crippen molar-refractivity contribution in [3.8, 4) is 0 Å². The minimum Gasteiger partial charge on any atom is -0.324 e. The van der Waals surface area contributed by atoms with Crippen LogP contribution >= 0.6 is 12.4 Å². The van der Waals surface area contributed by atoms with Crippen LogP contribution in [0.15, 0.2) is 30.3 Å². The number of benzene rings is 1. The molecule has 0 radical (unpaired) electrons. The molecule has 1 nitrogen and oxygen atoms in total. The van der Waals surface area contributed by atoms with E-state index >= 15 is 0 Å². The Kier molecular flexibility index (Phi) is 18.8. The van der Waals surface area contributed by atoms with Crippen LogP contribution in [0.25, 0.3) is 0 Å². The summed E-state index contributed by atoms with van der Waals surface area (Å²) in [7, 11) is 0. The summed E-state index contributed by atoms with van der Waals surface area (Å²) in [6.07, 6.45) is 22.4. The van der Waals surface area contributed by atoms with Gasteiger partial charge in [0.05, 0.1) is 0 Å². The van der Waals surface area contributed by atoms with Gasteiger partial charge in [0.15, 0.2) is 0 Å². The van der Waals surface area contributed by atoms with Crippen LogP contribution in [0.5, 0.6) is 0 Å². The quantitative estimate of drug-likeness (QED) is 0.269. The third kappa shape index (κ3) is 14.6. The fraction of sp³-hybridized carbons (Fsp3) is 0.750. The molecule has 26 heavy (non-hydrogen) atoms. The van der Waals surface area contributed by atoms with Crippen molar-refractivity contribution in [2.75, 3.05) is 0 Å². The van der Waals surface area contributed by atoms with Crippen LogP contribution in [-0.4, -0.2) is 0 Å². The van der Waals surface area contributed by atoms with Crippen molar-refractivity contribution >= 4 is 12.4 Å². The first kappa shape index (κ1) is 25.5. The van der Waals surface area contributed by atoms with Crippen LogP contribution < -0.4 is 5.73 Å². The van der Waals surface area contributed by atoms with Crippen molar-refractivity contribution in [3.63, 3.8) is 0 Å². The lowest BCUT2D eigenvalue weighted by Crippen LogP contribution is -2.09. The average Bonchev–Trinajstić information content (AvgIpc) is 2.65. The Labute approximate surface area is 169 Å². The molecular formula is C24H44ClN. The first-order chi connectivity index (χ1) is 12.3. The highest BCUT2D eigenvalue weighted by atomic mass is 35.5. The van der Waals surface area contributed by atoms with Gasteiger partial charge in [0.25, 0.3) is 0 Å². The molecule has 0 bridgehead atoms. The van der Waals surface area contributed by atoms with Crippen LogP contribution in [0.3, 0.4) is 0 Å². The molecule has 0 fully saturated rings. The summed E-state index contributed by atoms with van der Waals surface area (Å²) >= 11 is 0. The second-order valence-electron chi connectivity index (χ2n) is 7.76. The lowest BCUT2D eigenvalue weighted by atomic mass is 10.00. The summed E-state index contributed by atoms with van der Waals surface area (Å²) in [4.78, 5) is 0. The number of hydrogen-bond acceptors (Lipinski definition) is 1. The van der Waals surface area contributed by atoms with Gasteiger partial charge in [-0.15, -0.1) is 12.4 Å². The van der Waals surface area contributed by atoms with Gasteiger partial charge in [-0.05, 0) is 12.0 Å². The predicted octanol–water partition coefficient (Wildman–Crippen LogP) is 8.37. The maximum absolute atomic E-state index is 6.25. The summed E-state index contributed by atoms with van der Waals surface area (Å²) in [6, 6.07) is 10.8. The fourth-order valence-corrected chi connectivity index (χ4v) is 3.60. The Hall–Kier alpha value is -0.530. The van der Waals surface area contributed by atoms with Gasteiger partial charge in [0, 0.05) is 6.04 Å². The zero-order valence-corrected chi connectivity index (χ0v) is 18.1. The second kappa shape index (κ2) is 19.2. The summed E-state index contributed by atoms with van der Waals surface area (Å²) in [5.41, 5.74) is 7.53. The third-order valence-electron chi connectivity index (χ3n) is 5.35. The molecule has 0 amide bonds. The van der Waals surface area contributed by atoms with Crippen molar-refractivity contribution in [2.24, 2.45) is 5.73 Å². The highest BCUT2D eigenvalue weighted by molar-refractivity contribution is 5.85. The van der Waals surface area contributed by atoms with Crippen molar-refractivity contribution in [3.05, 3.63) is 35.9 Å². The monoisotopic (exact) mass is 381 g/mol. The topological polar surface area (TPSA) is 26.0 Å². The van der Waals surface area contributed by atoms with Gasteiger partial charge >= 0.3 is 0 Å². The van der Waals surface area contributed by atoms with E-state index in [9.17, 15) is 0 Å². The molecule has 0 saturated heterocycles. The van der Waals surface area contributed by atoms with E-state index < -0.39 is 0 Å². The van der Waals surface area contributed by atoms with E-state index in [1.807, 2.05) is 0 Å². The van der Waals surface area contributed by atoms with Gasteiger partial charge in [-0.3, -0.25) is 0 Å². The van der Waals surface area contributed by atoms with Gasteiger partial charge in [0.1, 0.15) is 0 Å². The van der Waals surface area contributed by atoms with E-state index in [2.05, 4.69) is 37.3 Å². The van der Waals surface area contributed by atoms with Gasteiger partial charge in [-0.1, -0.05) is 134 Å². The Bertz CT molecular complexity index is 379. The molecule has 1 rings (SSSR count). The van der Waals surface area contributed by atoms with Crippen molar-refractivity contribution in [2.45, 2.75) is 116 Å². The molecule has 0 heterocycles. The zero-order valence-electron chi connectivity index (χ0n) is 17.3. The Morgan fingerprint density at radius 2 is 1.00 bits per heavy atom. The lowest BCUT2D eigenvalue weighted by molar-refractivity contribution is 0.519. The molecule has 0 saturated carbocycles. The summed E-state index contributed by atoms with van der Waals surface area (Å²) < 4.78 is 0. The molecule has 1 atom stereocenters. The molecule has 2 heteroatoms. The minimum atomic E-state index is 0. The summed E-state index contributed by atoms with van der Waals surface area (Å²) in [5, 5.41) is 0. The van der Waals surface area contributed by atoms with Crippen LogP contribution in [0.4, 0.5) is 0 Å². The largest absolute Gasteiger partial charge is 0.324 e. The standard InChI is InChI=1S/C24H43N.ClH/c1-2-3-4-5-6-7-8-9-10-11-12-13-14-15-19-22-24(25)23-20-17-16-18-21-23;/h16-18,20-21,24H,2-15,19,22,25H2,1H3;1H. The van der Waals surface area contributed by atoms with Crippen molar-refractivity contribution in [1.29, 1.82) is 0 Å². The van der Waals surface area contributed by atoms with Crippen LogP contribution in [0.1, 0.15) is 121 Å². The molecule has 152 valence electrons. The first-order valence-corrected chi connectivity index (χ1v) is 11.1. The minimum absolute atomic E-state index is 0. The van der Waals surface area contributed by atoms with Crippen LogP contribution in [0.2, 0.25) is 0 Å². The van der Waals surface area contributed by atoms with E-state index in [-0.39, 0.29) is 18.4 Å². The molecule has 0 aliphatic heterocycles. The molecule has 1 aromatic rings. The molecule has 0 spiro atoms. The van der Waals surface area contributed by atoms with Crippen LogP contribution in [-0.2, 0) is 0 Å². The number of unbranched alkanes of at least 4 members (excludes halogenated alkanes) is 14. The SMILES string of the molecule is CCCCCCCCCCCCCCCCCC(N)c1ccccc1.Cl. The third-order valence-corrected chi connectivity index (χ3v) is 5.35. The molecule has 0 aromatic heterocycles. The zero-order chi connectivity index (χ0) is 18.0. The highest BCUT2D eigenvalue weighted by Gasteiger charge is 2.04. The fourth-order valence-electron chi connectivity index (χ4n) is 3.60. The number of halogens is 1. The van der Waals surface area contributed by atoms with E-state index in [4.69, 9.17) is 5.73 Å². The maximum atomic E-state index is 6.25. The van der Waals surface area contributed by atoms with E-state index in [0.717, 1.165) is 6.42 Å². The average molecular weight is 382 g/mol. The first-order valence-electron chi connectivity index (χ1n) is 11.1. The highest BCUT2D eigenvalue weighted by Crippen LogP contribution is 2.18. The summed E-state index contributed by atoms with van der Waals surface area (Å²) in [6.45, 7) is 2.29. The van der Waals surface area contributed by atoms with E-state index in [0.29, 0.717) is 0 Å². The molecule has 0 aliphatic rings. The summed E-state index contributed by atoms with van der Waals surface area (Å²) in [5.74, 6) is 0. The number of nitrogens with two attached hydrogens (primary N) is 1. The molecule has 1 aromatic carbocycles. The van der Waals surface area contributed by atoms with Gasteiger partial charge < -0.3 is 5.73 Å². The van der Waals surface area contributed by atoms with Crippen molar-refractivity contribution < 1.29 is 0 Å². The maximum Gasteiger partial charge on any atom is 0.0294 e. The van der Waals surface area contributed by atoms with Gasteiger partial charge in [-0.2, -0.15) is 0 Å². The number of rotatable bonds is 17. The normalized spacial score (nSPS) is 11.9. The Morgan fingerprint density at radius 1 is 0.615 bits per heavy atom. The van der Waals surface area contributed by atoms with Gasteiger partial charge in [-0.25, -0.2) is 0 Å². The molecular weight excluding hydrogens is 338 g/mol. The van der Waals surface area contributed by atoms with Gasteiger partial charge in [0.2, 0.25) is 0 Å².